The largest absolute Gasteiger partial charge is 0.481 e. The normalized spacial score (nSPS) is 11.0. The number of nitrogens with zero attached hydrogens (tertiary/aromatic N) is 2. The molecule has 0 radical (unpaired) electrons. The maximum atomic E-state index is 14.1. The lowest BCUT2D eigenvalue weighted by Gasteiger charge is -2.07. The molecule has 9 heteroatoms. The third kappa shape index (κ3) is 3.05. The molecule has 2 rings (SSSR count). The number of primary amides is 1. The minimum atomic E-state index is -1.37. The van der Waals surface area contributed by atoms with E-state index in [9.17, 15) is 18.4 Å². The predicted molar refractivity (Wildman–Crippen MR) is 82.2 cm³/mol. The van der Waals surface area contributed by atoms with E-state index >= 15 is 0 Å². The molecule has 1 aromatic carbocycles. The SMILES string of the molecule is CC(C)n1nc(-c2cc(F)c(CC(=O)O)c(F)c2)c(C(N)=O)c1N. The van der Waals surface area contributed by atoms with Crippen molar-refractivity contribution in [3.8, 4) is 11.3 Å². The number of rotatable bonds is 5. The lowest BCUT2D eigenvalue weighted by Crippen LogP contribution is -2.15. The molecule has 0 saturated heterocycles. The molecule has 0 bridgehead atoms. The van der Waals surface area contributed by atoms with Gasteiger partial charge in [-0.3, -0.25) is 9.59 Å². The Morgan fingerprint density at radius 3 is 2.25 bits per heavy atom. The Hall–Kier alpha value is -2.97. The van der Waals surface area contributed by atoms with Gasteiger partial charge in [-0.05, 0) is 26.0 Å². The van der Waals surface area contributed by atoms with Gasteiger partial charge < -0.3 is 16.6 Å². The monoisotopic (exact) mass is 338 g/mol. The lowest BCUT2D eigenvalue weighted by molar-refractivity contribution is -0.136. The first kappa shape index (κ1) is 17.4. The third-order valence-corrected chi connectivity index (χ3v) is 3.43. The molecule has 24 heavy (non-hydrogen) atoms. The standard InChI is InChI=1S/C15H16F2N4O3/c1-6(2)21-14(18)12(15(19)24)13(20-21)7-3-9(16)8(5-11(22)23)10(17)4-7/h3-4,6H,5,18H2,1-2H3,(H2,19,24)(H,22,23). The number of nitrogen functional groups attached to an aromatic ring is 1. The molecule has 0 unspecified atom stereocenters. The molecular formula is C15H16F2N4O3. The second-order valence-corrected chi connectivity index (χ2v) is 5.50. The average Bonchev–Trinajstić information content (AvgIpc) is 2.80. The van der Waals surface area contributed by atoms with Crippen molar-refractivity contribution in [2.24, 2.45) is 5.73 Å². The number of carboxylic acids is 1. The number of benzene rings is 1. The van der Waals surface area contributed by atoms with E-state index in [1.807, 2.05) is 0 Å². The predicted octanol–water partition coefficient (Wildman–Crippen LogP) is 1.72. The number of amides is 1. The summed E-state index contributed by atoms with van der Waals surface area (Å²) in [5, 5.41) is 12.8. The van der Waals surface area contributed by atoms with E-state index in [1.165, 1.54) is 4.68 Å². The van der Waals surface area contributed by atoms with Crippen molar-refractivity contribution in [3.63, 3.8) is 0 Å². The quantitative estimate of drug-likeness (QED) is 0.765. The van der Waals surface area contributed by atoms with Crippen molar-refractivity contribution in [3.05, 3.63) is 34.9 Å². The van der Waals surface area contributed by atoms with Gasteiger partial charge in [0.05, 0.1) is 6.42 Å². The maximum absolute atomic E-state index is 14.1. The molecule has 5 N–H and O–H groups in total. The molecule has 0 aliphatic heterocycles. The van der Waals surface area contributed by atoms with Gasteiger partial charge in [0.1, 0.15) is 28.7 Å². The molecule has 0 aliphatic rings. The number of halogens is 2. The van der Waals surface area contributed by atoms with Crippen molar-refractivity contribution < 1.29 is 23.5 Å². The Labute approximate surface area is 135 Å². The summed E-state index contributed by atoms with van der Waals surface area (Å²) in [5.74, 6) is -4.37. The molecule has 2 aromatic rings. The van der Waals surface area contributed by atoms with Crippen LogP contribution >= 0.6 is 0 Å². The Morgan fingerprint density at radius 2 is 1.83 bits per heavy atom. The summed E-state index contributed by atoms with van der Waals surface area (Å²) < 4.78 is 29.5. The van der Waals surface area contributed by atoms with E-state index in [-0.39, 0.29) is 28.7 Å². The van der Waals surface area contributed by atoms with Crippen LogP contribution in [0.5, 0.6) is 0 Å². The lowest BCUT2D eigenvalue weighted by atomic mass is 10.0. The zero-order valence-electron chi connectivity index (χ0n) is 13.0. The summed E-state index contributed by atoms with van der Waals surface area (Å²) in [6.45, 7) is 3.52. The average molecular weight is 338 g/mol. The number of carboxylic acid groups (broad SMARTS) is 1. The number of carbonyl (C=O) groups excluding carboxylic acids is 1. The van der Waals surface area contributed by atoms with Gasteiger partial charge in [-0.25, -0.2) is 13.5 Å². The number of hydrogen-bond acceptors (Lipinski definition) is 4. The van der Waals surface area contributed by atoms with Gasteiger partial charge in [0, 0.05) is 17.2 Å². The Balaban J connectivity index is 2.66. The highest BCUT2D eigenvalue weighted by Crippen LogP contribution is 2.31. The van der Waals surface area contributed by atoms with Crippen LogP contribution in [0.15, 0.2) is 12.1 Å². The van der Waals surface area contributed by atoms with Crippen LogP contribution in [0.2, 0.25) is 0 Å². The second kappa shape index (κ2) is 6.26. The van der Waals surface area contributed by atoms with E-state index in [4.69, 9.17) is 16.6 Å². The number of anilines is 1. The van der Waals surface area contributed by atoms with Gasteiger partial charge in [-0.15, -0.1) is 0 Å². The molecule has 1 aromatic heterocycles. The van der Waals surface area contributed by atoms with Crippen LogP contribution in [0.3, 0.4) is 0 Å². The van der Waals surface area contributed by atoms with Crippen molar-refractivity contribution in [1.29, 1.82) is 0 Å². The number of nitrogens with two attached hydrogens (primary N) is 2. The Kier molecular flexibility index (Phi) is 4.54. The zero-order chi connectivity index (χ0) is 18.2. The van der Waals surface area contributed by atoms with E-state index < -0.39 is 35.5 Å². The van der Waals surface area contributed by atoms with Gasteiger partial charge in [0.2, 0.25) is 0 Å². The van der Waals surface area contributed by atoms with Crippen molar-refractivity contribution >= 4 is 17.7 Å². The number of hydrogen-bond donors (Lipinski definition) is 3. The van der Waals surface area contributed by atoms with Crippen LogP contribution in [-0.4, -0.2) is 26.8 Å². The molecule has 0 fully saturated rings. The molecular weight excluding hydrogens is 322 g/mol. The van der Waals surface area contributed by atoms with Crippen LogP contribution < -0.4 is 11.5 Å². The van der Waals surface area contributed by atoms with Crippen LogP contribution in [0, 0.1) is 11.6 Å². The molecule has 0 aliphatic carbocycles. The summed E-state index contributed by atoms with van der Waals surface area (Å²) in [5.41, 5.74) is 10.3. The summed E-state index contributed by atoms with van der Waals surface area (Å²) in [7, 11) is 0. The number of carbonyl (C=O) groups is 2. The zero-order valence-corrected chi connectivity index (χ0v) is 13.0. The molecule has 0 saturated carbocycles. The summed E-state index contributed by atoms with van der Waals surface area (Å²) in [4.78, 5) is 22.3. The molecule has 1 amide bonds. The second-order valence-electron chi connectivity index (χ2n) is 5.50. The number of aliphatic carboxylic acids is 1. The fourth-order valence-corrected chi connectivity index (χ4v) is 2.35. The van der Waals surface area contributed by atoms with Gasteiger partial charge >= 0.3 is 5.97 Å². The van der Waals surface area contributed by atoms with Gasteiger partial charge in [0.15, 0.2) is 0 Å². The molecule has 7 nitrogen and oxygen atoms in total. The summed E-state index contributed by atoms with van der Waals surface area (Å²) in [6.07, 6.45) is -0.802. The highest BCUT2D eigenvalue weighted by molar-refractivity contribution is 6.03. The Bertz CT molecular complexity index is 807. The van der Waals surface area contributed by atoms with Gasteiger partial charge in [-0.2, -0.15) is 5.10 Å². The highest BCUT2D eigenvalue weighted by Gasteiger charge is 2.24. The van der Waals surface area contributed by atoms with Gasteiger partial charge in [-0.1, -0.05) is 0 Å². The van der Waals surface area contributed by atoms with Crippen LogP contribution in [0.25, 0.3) is 11.3 Å². The first-order valence-electron chi connectivity index (χ1n) is 7.01. The van der Waals surface area contributed by atoms with Crippen molar-refractivity contribution in [1.82, 2.24) is 9.78 Å². The van der Waals surface area contributed by atoms with E-state index in [2.05, 4.69) is 5.10 Å². The number of aromatic nitrogens is 2. The first-order valence-corrected chi connectivity index (χ1v) is 7.01. The van der Waals surface area contributed by atoms with Crippen LogP contribution in [0.4, 0.5) is 14.6 Å². The van der Waals surface area contributed by atoms with Gasteiger partial charge in [0.25, 0.3) is 5.91 Å². The molecule has 0 atom stereocenters. The van der Waals surface area contributed by atoms with Crippen molar-refractivity contribution in [2.45, 2.75) is 26.3 Å². The first-order chi connectivity index (χ1) is 11.1. The van der Waals surface area contributed by atoms with E-state index in [0.717, 1.165) is 12.1 Å². The Morgan fingerprint density at radius 1 is 1.29 bits per heavy atom. The fourth-order valence-electron chi connectivity index (χ4n) is 2.35. The van der Waals surface area contributed by atoms with E-state index in [0.29, 0.717) is 0 Å². The summed E-state index contributed by atoms with van der Waals surface area (Å²) >= 11 is 0. The molecule has 1 heterocycles. The molecule has 0 spiro atoms. The highest BCUT2D eigenvalue weighted by atomic mass is 19.1. The van der Waals surface area contributed by atoms with Crippen LogP contribution in [-0.2, 0) is 11.2 Å². The topological polar surface area (TPSA) is 124 Å². The van der Waals surface area contributed by atoms with Crippen molar-refractivity contribution in [2.75, 3.05) is 5.73 Å². The third-order valence-electron chi connectivity index (χ3n) is 3.43. The van der Waals surface area contributed by atoms with Crippen LogP contribution in [0.1, 0.15) is 35.8 Å². The smallest absolute Gasteiger partial charge is 0.308 e. The fraction of sp³-hybridized carbons (Fsp3) is 0.267. The minimum Gasteiger partial charge on any atom is -0.481 e. The molecule has 128 valence electrons. The van der Waals surface area contributed by atoms with E-state index in [1.54, 1.807) is 13.8 Å². The maximum Gasteiger partial charge on any atom is 0.308 e. The summed E-state index contributed by atoms with van der Waals surface area (Å²) in [6, 6.07) is 1.60. The minimum absolute atomic E-state index is 0.0112.